The van der Waals surface area contributed by atoms with Crippen LogP contribution in [0.2, 0.25) is 10.0 Å². The Morgan fingerprint density at radius 3 is 2.38 bits per heavy atom. The molecule has 0 radical (unpaired) electrons. The van der Waals surface area contributed by atoms with Gasteiger partial charge in [-0.1, -0.05) is 51.3 Å². The van der Waals surface area contributed by atoms with Crippen LogP contribution in [0.5, 0.6) is 0 Å². The first kappa shape index (κ1) is 15.0. The molecule has 0 atom stereocenters. The Morgan fingerprint density at radius 1 is 1.00 bits per heavy atom. The molecule has 0 aliphatic carbocycles. The molecule has 5 heteroatoms. The van der Waals surface area contributed by atoms with E-state index in [-0.39, 0.29) is 0 Å². The first-order valence-corrected chi connectivity index (χ1v) is 8.59. The lowest BCUT2D eigenvalue weighted by molar-refractivity contribution is 1.37. The third kappa shape index (κ3) is 3.32. The smallest absolute Gasteiger partial charge is 0.124 e. The summed E-state index contributed by atoms with van der Waals surface area (Å²) in [5.74, 6) is 0. The van der Waals surface area contributed by atoms with Crippen molar-refractivity contribution in [2.45, 2.75) is 6.92 Å². The van der Waals surface area contributed by atoms with Gasteiger partial charge in [0.2, 0.25) is 0 Å². The highest BCUT2D eigenvalue weighted by Crippen LogP contribution is 2.35. The molecule has 0 spiro atoms. The van der Waals surface area contributed by atoms with E-state index in [1.54, 1.807) is 17.4 Å². The van der Waals surface area contributed by atoms with Crippen molar-refractivity contribution in [3.63, 3.8) is 0 Å². The first-order valence-electron chi connectivity index (χ1n) is 6.23. The molecule has 0 bridgehead atoms. The Balaban J connectivity index is 2.09. The summed E-state index contributed by atoms with van der Waals surface area (Å²) in [6, 6.07) is 13.6. The molecule has 0 aliphatic heterocycles. The molecule has 0 amide bonds. The highest BCUT2D eigenvalue weighted by Gasteiger charge is 2.12. The zero-order chi connectivity index (χ0) is 15.0. The predicted molar refractivity (Wildman–Crippen MR) is 95.4 cm³/mol. The van der Waals surface area contributed by atoms with Gasteiger partial charge in [0, 0.05) is 30.5 Å². The topological polar surface area (TPSA) is 12.9 Å². The maximum atomic E-state index is 6.07. The fraction of sp³-hybridized carbons (Fsp3) is 0.0625. The van der Waals surface area contributed by atoms with Crippen LogP contribution in [0.3, 0.4) is 0 Å². The first-order chi connectivity index (χ1) is 10.0. The molecule has 0 saturated heterocycles. The van der Waals surface area contributed by atoms with Gasteiger partial charge in [-0.25, -0.2) is 4.98 Å². The fourth-order valence-electron chi connectivity index (χ4n) is 2.10. The summed E-state index contributed by atoms with van der Waals surface area (Å²) >= 11 is 17.3. The van der Waals surface area contributed by atoms with E-state index in [4.69, 9.17) is 28.2 Å². The van der Waals surface area contributed by atoms with Crippen LogP contribution in [-0.4, -0.2) is 4.98 Å². The number of thiazole rings is 1. The van der Waals surface area contributed by atoms with Crippen molar-refractivity contribution in [2.75, 3.05) is 0 Å². The summed E-state index contributed by atoms with van der Waals surface area (Å²) < 4.78 is 1.04. The fourth-order valence-corrected chi connectivity index (χ4v) is 3.95. The van der Waals surface area contributed by atoms with Crippen molar-refractivity contribution < 1.29 is 0 Å². The van der Waals surface area contributed by atoms with E-state index in [0.29, 0.717) is 10.0 Å². The van der Waals surface area contributed by atoms with Crippen LogP contribution in [0.25, 0.3) is 21.8 Å². The van der Waals surface area contributed by atoms with Crippen molar-refractivity contribution in [3.8, 4) is 21.8 Å². The molecule has 0 saturated carbocycles. The Bertz CT molecular complexity index is 794. The number of hydrogen-bond acceptors (Lipinski definition) is 2. The molecule has 1 heterocycles. The number of hydrogen-bond donors (Lipinski definition) is 0. The standard InChI is InChI=1S/C16H10BrCl2NS/c1-9-15(10-3-2-4-12(17)5-10)20-16(21-9)11-6-13(18)8-14(19)7-11/h2-8H,1H3. The second kappa shape index (κ2) is 6.09. The summed E-state index contributed by atoms with van der Waals surface area (Å²) in [7, 11) is 0. The van der Waals surface area contributed by atoms with Gasteiger partial charge in [-0.05, 0) is 37.3 Å². The predicted octanol–water partition coefficient (Wildman–Crippen LogP) is 6.85. The normalized spacial score (nSPS) is 10.9. The average Bonchev–Trinajstić information content (AvgIpc) is 2.80. The van der Waals surface area contributed by atoms with E-state index in [0.717, 1.165) is 26.3 Å². The van der Waals surface area contributed by atoms with E-state index in [2.05, 4.69) is 35.0 Å². The third-order valence-corrected chi connectivity index (χ3v) is 4.95. The molecular formula is C16H10BrCl2NS. The van der Waals surface area contributed by atoms with Gasteiger partial charge in [0.15, 0.2) is 0 Å². The third-order valence-electron chi connectivity index (χ3n) is 3.00. The summed E-state index contributed by atoms with van der Waals surface area (Å²) in [5.41, 5.74) is 3.03. The molecular weight excluding hydrogens is 389 g/mol. The van der Waals surface area contributed by atoms with Gasteiger partial charge in [-0.2, -0.15) is 0 Å². The molecule has 106 valence electrons. The van der Waals surface area contributed by atoms with Crippen molar-refractivity contribution in [1.29, 1.82) is 0 Å². The zero-order valence-electron chi connectivity index (χ0n) is 11.0. The molecule has 2 aromatic carbocycles. The second-order valence-electron chi connectivity index (χ2n) is 4.59. The van der Waals surface area contributed by atoms with Gasteiger partial charge < -0.3 is 0 Å². The van der Waals surface area contributed by atoms with Gasteiger partial charge in [0.05, 0.1) is 5.69 Å². The lowest BCUT2D eigenvalue weighted by atomic mass is 10.1. The summed E-state index contributed by atoms with van der Waals surface area (Å²) in [5, 5.41) is 2.16. The Hall–Kier alpha value is -0.870. The van der Waals surface area contributed by atoms with Gasteiger partial charge in [-0.3, -0.25) is 0 Å². The second-order valence-corrected chi connectivity index (χ2v) is 7.58. The van der Waals surface area contributed by atoms with Gasteiger partial charge in [0.25, 0.3) is 0 Å². The highest BCUT2D eigenvalue weighted by atomic mass is 79.9. The molecule has 3 rings (SSSR count). The Labute approximate surface area is 145 Å². The van der Waals surface area contributed by atoms with Crippen LogP contribution >= 0.6 is 50.5 Å². The van der Waals surface area contributed by atoms with Crippen LogP contribution in [-0.2, 0) is 0 Å². The van der Waals surface area contributed by atoms with E-state index < -0.39 is 0 Å². The van der Waals surface area contributed by atoms with Crippen molar-refractivity contribution in [3.05, 3.63) is 61.9 Å². The van der Waals surface area contributed by atoms with Gasteiger partial charge in [0.1, 0.15) is 5.01 Å². The molecule has 0 N–H and O–H groups in total. The summed E-state index contributed by atoms with van der Waals surface area (Å²) in [4.78, 5) is 5.92. The minimum atomic E-state index is 0.620. The van der Waals surface area contributed by atoms with E-state index in [1.807, 2.05) is 24.3 Å². The molecule has 0 unspecified atom stereocenters. The molecule has 3 aromatic rings. The molecule has 21 heavy (non-hydrogen) atoms. The lowest BCUT2D eigenvalue weighted by Crippen LogP contribution is -1.82. The van der Waals surface area contributed by atoms with Crippen LogP contribution in [0.4, 0.5) is 0 Å². The zero-order valence-corrected chi connectivity index (χ0v) is 14.9. The van der Waals surface area contributed by atoms with E-state index >= 15 is 0 Å². The highest BCUT2D eigenvalue weighted by molar-refractivity contribution is 9.10. The maximum Gasteiger partial charge on any atom is 0.124 e. The molecule has 0 aliphatic rings. The van der Waals surface area contributed by atoms with Crippen LogP contribution < -0.4 is 0 Å². The van der Waals surface area contributed by atoms with Crippen LogP contribution in [0.15, 0.2) is 46.9 Å². The number of nitrogens with zero attached hydrogens (tertiary/aromatic N) is 1. The van der Waals surface area contributed by atoms with E-state index in [1.165, 1.54) is 4.88 Å². The SMILES string of the molecule is Cc1sc(-c2cc(Cl)cc(Cl)c2)nc1-c1cccc(Br)c1. The van der Waals surface area contributed by atoms with Crippen molar-refractivity contribution in [2.24, 2.45) is 0 Å². The van der Waals surface area contributed by atoms with Crippen molar-refractivity contribution >= 4 is 50.5 Å². The molecule has 1 aromatic heterocycles. The number of aromatic nitrogens is 1. The maximum absolute atomic E-state index is 6.07. The largest absolute Gasteiger partial charge is 0.236 e. The minimum absolute atomic E-state index is 0.620. The minimum Gasteiger partial charge on any atom is -0.236 e. The Kier molecular flexibility index (Phi) is 4.36. The summed E-state index contributed by atoms with van der Waals surface area (Å²) in [6.45, 7) is 2.07. The van der Waals surface area contributed by atoms with Crippen LogP contribution in [0, 0.1) is 6.92 Å². The number of aryl methyl sites for hydroxylation is 1. The lowest BCUT2D eigenvalue weighted by Gasteiger charge is -2.00. The number of rotatable bonds is 2. The number of benzene rings is 2. The Morgan fingerprint density at radius 2 is 1.71 bits per heavy atom. The van der Waals surface area contributed by atoms with Gasteiger partial charge >= 0.3 is 0 Å². The monoisotopic (exact) mass is 397 g/mol. The average molecular weight is 399 g/mol. The van der Waals surface area contributed by atoms with Crippen molar-refractivity contribution in [1.82, 2.24) is 4.98 Å². The quantitative estimate of drug-likeness (QED) is 0.459. The van der Waals surface area contributed by atoms with Gasteiger partial charge in [-0.15, -0.1) is 11.3 Å². The molecule has 0 fully saturated rings. The summed E-state index contributed by atoms with van der Waals surface area (Å²) in [6.07, 6.45) is 0. The van der Waals surface area contributed by atoms with Crippen LogP contribution in [0.1, 0.15) is 4.88 Å². The molecule has 1 nitrogen and oxygen atoms in total. The van der Waals surface area contributed by atoms with E-state index in [9.17, 15) is 0 Å². The number of halogens is 3.